The predicted molar refractivity (Wildman–Crippen MR) is 81.4 cm³/mol. The summed E-state index contributed by atoms with van der Waals surface area (Å²) in [5.41, 5.74) is -7.80. The molecule has 0 saturated heterocycles. The highest BCUT2D eigenvalue weighted by atomic mass is 19.4. The van der Waals surface area contributed by atoms with E-state index in [-0.39, 0.29) is 12.1 Å². The van der Waals surface area contributed by atoms with Gasteiger partial charge in [-0.3, -0.25) is 0 Å². The van der Waals surface area contributed by atoms with Crippen molar-refractivity contribution in [3.63, 3.8) is 0 Å². The summed E-state index contributed by atoms with van der Waals surface area (Å²) < 4.78 is 159. The molecule has 0 aliphatic rings. The molecule has 0 aromatic heterocycles. The molecule has 2 rings (SSSR count). The van der Waals surface area contributed by atoms with Crippen molar-refractivity contribution >= 4 is 0 Å². The molecule has 2 aromatic carbocycles. The van der Waals surface area contributed by atoms with E-state index in [2.05, 4.69) is 0 Å². The third kappa shape index (κ3) is 6.77. The highest BCUT2D eigenvalue weighted by Crippen LogP contribution is 2.38. The van der Waals surface area contributed by atoms with Gasteiger partial charge >= 0.3 is 24.7 Å². The lowest BCUT2D eigenvalue weighted by molar-refractivity contribution is -0.144. The van der Waals surface area contributed by atoms with E-state index < -0.39 is 71.3 Å². The van der Waals surface area contributed by atoms with E-state index in [0.29, 0.717) is 24.3 Å². The van der Waals surface area contributed by atoms with Gasteiger partial charge < -0.3 is 4.74 Å². The lowest BCUT2D eigenvalue weighted by Gasteiger charge is -2.16. The van der Waals surface area contributed by atoms with E-state index in [1.165, 1.54) is 0 Å². The molecule has 0 atom stereocenters. The summed E-state index contributed by atoms with van der Waals surface area (Å²) in [4.78, 5) is 0. The van der Waals surface area contributed by atoms with Crippen LogP contribution in [0.15, 0.2) is 36.4 Å². The quantitative estimate of drug-likeness (QED) is 0.421. The molecule has 0 bridgehead atoms. The minimum atomic E-state index is -5.13. The van der Waals surface area contributed by atoms with Gasteiger partial charge in [0.1, 0.15) is 0 Å². The van der Waals surface area contributed by atoms with Crippen molar-refractivity contribution in [3.05, 3.63) is 69.8 Å². The fraction of sp³-hybridized carbons (Fsp3) is 0.333. The Morgan fingerprint density at radius 1 is 0.419 bits per heavy atom. The van der Waals surface area contributed by atoms with E-state index in [1.54, 1.807) is 0 Å². The Kier molecular flexibility index (Phi) is 6.60. The summed E-state index contributed by atoms with van der Waals surface area (Å²) >= 11 is 0. The maximum Gasteiger partial charge on any atom is 0.416 e. The van der Waals surface area contributed by atoms with Gasteiger partial charge in [0.2, 0.25) is 0 Å². The van der Waals surface area contributed by atoms with Gasteiger partial charge in [0.15, 0.2) is 0 Å². The second-order valence-electron chi connectivity index (χ2n) is 6.32. The summed E-state index contributed by atoms with van der Waals surface area (Å²) in [6, 6.07) is 1.08. The van der Waals surface area contributed by atoms with Crippen molar-refractivity contribution < 1.29 is 57.4 Å². The van der Waals surface area contributed by atoms with E-state index in [1.807, 2.05) is 0 Å². The highest BCUT2D eigenvalue weighted by molar-refractivity contribution is 5.34. The van der Waals surface area contributed by atoms with Crippen LogP contribution in [0.3, 0.4) is 0 Å². The molecule has 0 aliphatic heterocycles. The average Bonchev–Trinajstić information content (AvgIpc) is 2.58. The molecule has 0 saturated carbocycles. The number of hydrogen-bond donors (Lipinski definition) is 0. The molecule has 2 aromatic rings. The van der Waals surface area contributed by atoms with Crippen molar-refractivity contribution in [2.75, 3.05) is 0 Å². The van der Waals surface area contributed by atoms with Gasteiger partial charge in [-0.15, -0.1) is 0 Å². The number of ether oxygens (including phenoxy) is 1. The first-order valence-electron chi connectivity index (χ1n) is 8.02. The molecule has 0 heterocycles. The zero-order valence-corrected chi connectivity index (χ0v) is 14.8. The number of alkyl halides is 12. The van der Waals surface area contributed by atoms with Crippen LogP contribution in [-0.2, 0) is 42.7 Å². The fourth-order valence-electron chi connectivity index (χ4n) is 2.49. The van der Waals surface area contributed by atoms with Crippen molar-refractivity contribution in [1.82, 2.24) is 0 Å². The van der Waals surface area contributed by atoms with Crippen molar-refractivity contribution in [3.8, 4) is 0 Å². The topological polar surface area (TPSA) is 9.23 Å². The molecule has 0 radical (unpaired) electrons. The Labute approximate surface area is 166 Å². The van der Waals surface area contributed by atoms with Crippen LogP contribution in [-0.4, -0.2) is 0 Å². The Hall–Kier alpha value is -2.44. The number of benzene rings is 2. The first-order chi connectivity index (χ1) is 13.9. The Morgan fingerprint density at radius 3 is 0.839 bits per heavy atom. The van der Waals surface area contributed by atoms with Crippen LogP contribution in [0.2, 0.25) is 0 Å². The SMILES string of the molecule is FC(F)(F)c1cc(COCc2cc(C(F)(F)F)cc(C(F)(F)F)c2)cc(C(F)(F)F)c1. The van der Waals surface area contributed by atoms with Gasteiger partial charge in [0.05, 0.1) is 35.5 Å². The average molecular weight is 470 g/mol. The third-order valence-electron chi connectivity index (χ3n) is 3.83. The van der Waals surface area contributed by atoms with Crippen LogP contribution < -0.4 is 0 Å². The zero-order valence-electron chi connectivity index (χ0n) is 14.8. The van der Waals surface area contributed by atoms with Crippen molar-refractivity contribution in [2.45, 2.75) is 37.9 Å². The standard InChI is InChI=1S/C18H10F12O/c19-15(20,21)11-1-9(2-12(5-11)16(22,23)24)7-31-8-10-3-13(17(25,26)27)6-14(4-10)18(28,29)30/h1-6H,7-8H2. The monoisotopic (exact) mass is 470 g/mol. The molecule has 0 N–H and O–H groups in total. The van der Waals surface area contributed by atoms with Gasteiger partial charge in [-0.2, -0.15) is 52.7 Å². The molecular weight excluding hydrogens is 460 g/mol. The van der Waals surface area contributed by atoms with Gasteiger partial charge in [0, 0.05) is 0 Å². The minimum absolute atomic E-state index is 0.133. The molecule has 1 nitrogen and oxygen atoms in total. The summed E-state index contributed by atoms with van der Waals surface area (Å²) in [6.45, 7) is -1.85. The Morgan fingerprint density at radius 2 is 0.645 bits per heavy atom. The van der Waals surface area contributed by atoms with Gasteiger partial charge in [-0.1, -0.05) is 0 Å². The molecule has 0 aliphatic carbocycles. The fourth-order valence-corrected chi connectivity index (χ4v) is 2.49. The largest absolute Gasteiger partial charge is 0.416 e. The Balaban J connectivity index is 2.29. The summed E-state index contributed by atoms with van der Waals surface area (Å²) in [5, 5.41) is 0. The Bertz CT molecular complexity index is 779. The van der Waals surface area contributed by atoms with Crippen LogP contribution in [0.25, 0.3) is 0 Å². The molecule has 31 heavy (non-hydrogen) atoms. The van der Waals surface area contributed by atoms with E-state index >= 15 is 0 Å². The predicted octanol–water partition coefficient (Wildman–Crippen LogP) is 7.48. The summed E-state index contributed by atoms with van der Waals surface area (Å²) in [7, 11) is 0. The first-order valence-corrected chi connectivity index (χ1v) is 8.02. The second-order valence-corrected chi connectivity index (χ2v) is 6.32. The molecule has 0 unspecified atom stereocenters. The maximum atomic E-state index is 12.8. The summed E-state index contributed by atoms with van der Waals surface area (Å²) in [5.74, 6) is 0. The van der Waals surface area contributed by atoms with E-state index in [4.69, 9.17) is 4.74 Å². The van der Waals surface area contributed by atoms with Crippen LogP contribution in [0.1, 0.15) is 33.4 Å². The van der Waals surface area contributed by atoms with E-state index in [9.17, 15) is 52.7 Å². The lowest BCUT2D eigenvalue weighted by Crippen LogP contribution is -2.13. The first kappa shape index (κ1) is 24.8. The van der Waals surface area contributed by atoms with Crippen LogP contribution >= 0.6 is 0 Å². The molecule has 0 amide bonds. The maximum absolute atomic E-state index is 12.8. The number of hydrogen-bond acceptors (Lipinski definition) is 1. The van der Waals surface area contributed by atoms with Crippen molar-refractivity contribution in [2.24, 2.45) is 0 Å². The van der Waals surface area contributed by atoms with Crippen LogP contribution in [0.4, 0.5) is 52.7 Å². The second kappa shape index (κ2) is 8.24. The van der Waals surface area contributed by atoms with Gasteiger partial charge in [0.25, 0.3) is 0 Å². The normalized spacial score (nSPS) is 13.5. The molecule has 0 spiro atoms. The van der Waals surface area contributed by atoms with Gasteiger partial charge in [-0.05, 0) is 47.5 Å². The smallest absolute Gasteiger partial charge is 0.372 e. The molecule has 172 valence electrons. The van der Waals surface area contributed by atoms with Crippen LogP contribution in [0, 0.1) is 0 Å². The summed E-state index contributed by atoms with van der Waals surface area (Å²) in [6.07, 6.45) is -20.5. The molecule has 0 fully saturated rings. The molecule has 13 heteroatoms. The highest BCUT2D eigenvalue weighted by Gasteiger charge is 2.38. The van der Waals surface area contributed by atoms with Gasteiger partial charge in [-0.25, -0.2) is 0 Å². The third-order valence-corrected chi connectivity index (χ3v) is 3.83. The van der Waals surface area contributed by atoms with Crippen molar-refractivity contribution in [1.29, 1.82) is 0 Å². The van der Waals surface area contributed by atoms with Crippen LogP contribution in [0.5, 0.6) is 0 Å². The number of rotatable bonds is 4. The number of halogens is 12. The zero-order chi connectivity index (χ0) is 23.8. The minimum Gasteiger partial charge on any atom is -0.372 e. The molecular formula is C18H10F12O. The lowest BCUT2D eigenvalue weighted by atomic mass is 10.0. The van der Waals surface area contributed by atoms with E-state index in [0.717, 1.165) is 0 Å².